The number of methoxy groups -OCH3 is 1. The summed E-state index contributed by atoms with van der Waals surface area (Å²) in [6, 6.07) is 0. The van der Waals surface area contributed by atoms with Gasteiger partial charge in [0.1, 0.15) is 36.6 Å². The number of ether oxygens (including phenoxy) is 7. The molecule has 15 atom stereocenters. The maximum absolute atomic E-state index is 13.8. The van der Waals surface area contributed by atoms with Crippen LogP contribution in [0.4, 0.5) is 0 Å². The van der Waals surface area contributed by atoms with Gasteiger partial charge in [0, 0.05) is 121 Å². The van der Waals surface area contributed by atoms with Gasteiger partial charge in [0.2, 0.25) is 47.3 Å². The van der Waals surface area contributed by atoms with Crippen molar-refractivity contribution in [3.63, 3.8) is 0 Å². The summed E-state index contributed by atoms with van der Waals surface area (Å²) in [7, 11) is 1.54. The van der Waals surface area contributed by atoms with E-state index >= 15 is 0 Å². The molecule has 0 aromatic carbocycles. The molecular formula is C62H114N8O24. The summed E-state index contributed by atoms with van der Waals surface area (Å²) >= 11 is 0. The maximum Gasteiger partial charge on any atom is 0.222 e. The summed E-state index contributed by atoms with van der Waals surface area (Å²) in [5.74, 6) is -4.31. The molecule has 3 aliphatic heterocycles. The van der Waals surface area contributed by atoms with Crippen molar-refractivity contribution in [1.29, 1.82) is 0 Å². The highest BCUT2D eigenvalue weighted by Gasteiger charge is 2.45. The van der Waals surface area contributed by atoms with Crippen LogP contribution in [0.5, 0.6) is 0 Å². The van der Waals surface area contributed by atoms with Gasteiger partial charge in [-0.1, -0.05) is 41.5 Å². The second-order valence-corrected chi connectivity index (χ2v) is 24.8. The predicted octanol–water partition coefficient (Wildman–Crippen LogP) is -3.52. The topological polar surface area (TPSA) is 479 Å². The summed E-state index contributed by atoms with van der Waals surface area (Å²) in [4.78, 5) is 105. The standard InChI is InChI=1S/C58H104N8O24.C4H10/c1-35-49(78)52(81)38(32-67)88-55(35)85-29-9-26-64-45(74)15-27-65-44(73)14-20-58(66-48(77)11-5-10-41(70)63-25-8-28-84-4,18-12-42(71)59-21-6-23-61-46(75)16-30-86-56-36(2)50(79)53(82)39(33-68)89-56)19-13-43(72)60-22-7-24-62-47(76)17-31-87-57-37(3)51(80)54(83)40(34-69)90-57;1-4(2)3/h35-40,49-57,67-69,78-83H,5-34H2,1-4H3,(H,59,71)(H,60,72)(H,61,75)(H,62,76)(H,63,70)(H,64,74)(H,65,73)(H,66,77);4H,1-3H3/t35?,36?,37?,38?,39?,40?,49-,50-,51-,52+,53+,54+,55-,56-,57-,58?;/m1./s1. The van der Waals surface area contributed by atoms with Crippen LogP contribution in [0.2, 0.25) is 0 Å². The normalized spacial score (nSPS) is 26.5. The summed E-state index contributed by atoms with van der Waals surface area (Å²) < 4.78 is 38.6. The number of amides is 8. The fraction of sp³-hybridized carbons (Fsp3) is 0.871. The van der Waals surface area contributed by atoms with Crippen molar-refractivity contribution in [2.45, 2.75) is 224 Å². The SMILES string of the molecule is CC(C)C.COCCCNC(=O)CCCC(=O)NC(CCC(=O)NCCCNC(=O)CCO[C@@H]1OC(CO)[C@H](O)[C@H](O)C1C)(CCC(=O)NCCCNC(=O)CCO[C@@H]1OC(CO)[C@H](O)[C@H](O)C1C)CCC(=O)NCCC(=O)NCCCO[C@@H]1OC(CO)[C@H](O)[C@H](O)C1C. The third kappa shape index (κ3) is 33.9. The molecule has 94 heavy (non-hydrogen) atoms. The number of aliphatic hydroxyl groups is 9. The van der Waals surface area contributed by atoms with Crippen LogP contribution in [0, 0.1) is 23.7 Å². The van der Waals surface area contributed by atoms with Crippen molar-refractivity contribution in [1.82, 2.24) is 42.5 Å². The first-order valence-electron chi connectivity index (χ1n) is 33.1. The van der Waals surface area contributed by atoms with E-state index in [9.17, 15) is 84.3 Å². The van der Waals surface area contributed by atoms with E-state index in [1.165, 1.54) is 0 Å². The Morgan fingerprint density at radius 1 is 0.372 bits per heavy atom. The third-order valence-electron chi connectivity index (χ3n) is 15.9. The average molecular weight is 1360 g/mol. The van der Waals surface area contributed by atoms with Gasteiger partial charge in [-0.2, -0.15) is 0 Å². The molecule has 3 rings (SSSR count). The Kier molecular flexibility index (Phi) is 43.5. The Balaban J connectivity index is 0.00000729. The lowest BCUT2D eigenvalue weighted by atomic mass is 9.82. The van der Waals surface area contributed by atoms with E-state index in [0.29, 0.717) is 38.8 Å². The molecule has 8 amide bonds. The Labute approximate surface area is 552 Å². The molecule has 3 aliphatic rings. The average Bonchev–Trinajstić information content (AvgIpc) is 0.878. The lowest BCUT2D eigenvalue weighted by Crippen LogP contribution is -2.55. The maximum atomic E-state index is 13.8. The van der Waals surface area contributed by atoms with E-state index in [4.69, 9.17) is 33.2 Å². The van der Waals surface area contributed by atoms with Gasteiger partial charge in [-0.25, -0.2) is 0 Å². The number of aliphatic hydroxyl groups excluding tert-OH is 9. The fourth-order valence-electron chi connectivity index (χ4n) is 10.1. The Morgan fingerprint density at radius 2 is 0.660 bits per heavy atom. The molecule has 6 unspecified atom stereocenters. The Morgan fingerprint density at radius 3 is 1.01 bits per heavy atom. The smallest absolute Gasteiger partial charge is 0.222 e. The highest BCUT2D eigenvalue weighted by molar-refractivity contribution is 5.82. The highest BCUT2D eigenvalue weighted by Crippen LogP contribution is 2.30. The first-order valence-corrected chi connectivity index (χ1v) is 33.1. The molecule has 32 nitrogen and oxygen atoms in total. The summed E-state index contributed by atoms with van der Waals surface area (Å²) in [6.07, 6.45) is -12.8. The van der Waals surface area contributed by atoms with Gasteiger partial charge >= 0.3 is 0 Å². The number of hydrogen-bond acceptors (Lipinski definition) is 24. The summed E-state index contributed by atoms with van der Waals surface area (Å²) in [5, 5.41) is 112. The van der Waals surface area contributed by atoms with E-state index in [1.807, 2.05) is 0 Å². The lowest BCUT2D eigenvalue weighted by Gasteiger charge is -2.40. The van der Waals surface area contributed by atoms with Gasteiger partial charge in [-0.3, -0.25) is 38.4 Å². The molecule has 546 valence electrons. The molecule has 3 saturated heterocycles. The van der Waals surface area contributed by atoms with Gasteiger partial charge in [-0.05, 0) is 57.3 Å². The van der Waals surface area contributed by atoms with Crippen molar-refractivity contribution in [3.8, 4) is 0 Å². The van der Waals surface area contributed by atoms with Crippen LogP contribution in [0.15, 0.2) is 0 Å². The molecule has 0 radical (unpaired) electrons. The largest absolute Gasteiger partial charge is 0.394 e. The van der Waals surface area contributed by atoms with Crippen LogP contribution < -0.4 is 42.5 Å². The minimum absolute atomic E-state index is 0.0241. The minimum atomic E-state index is -1.34. The van der Waals surface area contributed by atoms with Crippen LogP contribution in [-0.4, -0.2) is 272 Å². The highest BCUT2D eigenvalue weighted by atomic mass is 16.7. The van der Waals surface area contributed by atoms with Gasteiger partial charge in [0.15, 0.2) is 18.9 Å². The molecule has 32 heteroatoms. The first kappa shape index (κ1) is 85.2. The fourth-order valence-corrected chi connectivity index (χ4v) is 10.1. The van der Waals surface area contributed by atoms with Gasteiger partial charge < -0.3 is 122 Å². The summed E-state index contributed by atoms with van der Waals surface area (Å²) in [6.45, 7) is 11.2. The Hall–Kier alpha value is -4.88. The van der Waals surface area contributed by atoms with Crippen LogP contribution in [0.1, 0.15) is 144 Å². The molecule has 0 bridgehead atoms. The van der Waals surface area contributed by atoms with E-state index in [1.54, 1.807) is 27.9 Å². The molecule has 3 heterocycles. The first-order chi connectivity index (χ1) is 44.7. The molecule has 0 saturated carbocycles. The van der Waals surface area contributed by atoms with Gasteiger partial charge in [-0.15, -0.1) is 0 Å². The van der Waals surface area contributed by atoms with Crippen molar-refractivity contribution in [2.24, 2.45) is 23.7 Å². The summed E-state index contributed by atoms with van der Waals surface area (Å²) in [5.41, 5.74) is -1.34. The van der Waals surface area contributed by atoms with Crippen LogP contribution >= 0.6 is 0 Å². The zero-order chi connectivity index (χ0) is 70.2. The number of nitrogens with one attached hydrogen (secondary N) is 8. The molecule has 17 N–H and O–H groups in total. The number of carbonyl (C=O) groups is 8. The lowest BCUT2D eigenvalue weighted by molar-refractivity contribution is -0.282. The van der Waals surface area contributed by atoms with Crippen LogP contribution in [-0.2, 0) is 71.5 Å². The second-order valence-electron chi connectivity index (χ2n) is 24.8. The van der Waals surface area contributed by atoms with Crippen molar-refractivity contribution in [2.75, 3.05) is 99.2 Å². The van der Waals surface area contributed by atoms with Crippen molar-refractivity contribution >= 4 is 47.3 Å². The minimum Gasteiger partial charge on any atom is -0.394 e. The van der Waals surface area contributed by atoms with E-state index < -0.39 is 141 Å². The van der Waals surface area contributed by atoms with Crippen molar-refractivity contribution in [3.05, 3.63) is 0 Å². The predicted molar refractivity (Wildman–Crippen MR) is 337 cm³/mol. The van der Waals surface area contributed by atoms with E-state index in [0.717, 1.165) is 5.92 Å². The van der Waals surface area contributed by atoms with E-state index in [-0.39, 0.29) is 160 Å². The molecule has 0 aromatic rings. The molecule has 0 aliphatic carbocycles. The van der Waals surface area contributed by atoms with Crippen molar-refractivity contribution < 1.29 is 117 Å². The molecule has 0 aromatic heterocycles. The van der Waals surface area contributed by atoms with Gasteiger partial charge in [0.05, 0.1) is 70.8 Å². The number of rotatable bonds is 45. The molecular weight excluding hydrogens is 1240 g/mol. The Bertz CT molecular complexity index is 2100. The second kappa shape index (κ2) is 47.9. The quantitative estimate of drug-likeness (QED) is 0.0263. The van der Waals surface area contributed by atoms with Gasteiger partial charge in [0.25, 0.3) is 0 Å². The molecule has 0 spiro atoms. The number of carbonyl (C=O) groups excluding carboxylic acids is 8. The van der Waals surface area contributed by atoms with E-state index in [2.05, 4.69) is 63.3 Å². The molecule has 3 fully saturated rings. The monoisotopic (exact) mass is 1350 g/mol. The zero-order valence-electron chi connectivity index (χ0n) is 56.1. The third-order valence-corrected chi connectivity index (χ3v) is 15.9. The van der Waals surface area contributed by atoms with Crippen LogP contribution in [0.25, 0.3) is 0 Å². The van der Waals surface area contributed by atoms with Crippen LogP contribution in [0.3, 0.4) is 0 Å². The number of hydrogen-bond donors (Lipinski definition) is 17. The zero-order valence-corrected chi connectivity index (χ0v) is 56.1.